The molecular weight excluding hydrogens is 323 g/mol. The number of rotatable bonds is 3. The second-order valence-electron chi connectivity index (χ2n) is 5.26. The number of nitrogen functional groups attached to an aromatic ring is 1. The highest BCUT2D eigenvalue weighted by atomic mass is 79.9. The fourth-order valence-electron chi connectivity index (χ4n) is 3.06. The maximum absolute atomic E-state index is 13.6. The van der Waals surface area contributed by atoms with Crippen molar-refractivity contribution in [1.29, 1.82) is 0 Å². The van der Waals surface area contributed by atoms with Crippen LogP contribution in [-0.4, -0.2) is 33.6 Å². The van der Waals surface area contributed by atoms with Crippen LogP contribution in [0, 0.1) is 5.82 Å². The highest BCUT2D eigenvalue weighted by molar-refractivity contribution is 9.10. The lowest BCUT2D eigenvalue weighted by Crippen LogP contribution is -2.33. The molecule has 6 heteroatoms. The van der Waals surface area contributed by atoms with Crippen LogP contribution in [0.25, 0.3) is 11.0 Å². The molecule has 0 radical (unpaired) electrons. The van der Waals surface area contributed by atoms with E-state index >= 15 is 0 Å². The van der Waals surface area contributed by atoms with Gasteiger partial charge in [0.1, 0.15) is 5.82 Å². The number of nitrogens with zero attached hydrogens (tertiary/aromatic N) is 3. The van der Waals surface area contributed by atoms with Gasteiger partial charge < -0.3 is 10.3 Å². The molecule has 20 heavy (non-hydrogen) atoms. The van der Waals surface area contributed by atoms with Crippen molar-refractivity contribution in [3.05, 3.63) is 22.4 Å². The van der Waals surface area contributed by atoms with Crippen molar-refractivity contribution < 1.29 is 4.39 Å². The molecule has 2 aromatic rings. The largest absolute Gasteiger partial charge is 0.369 e. The van der Waals surface area contributed by atoms with E-state index in [2.05, 4.69) is 32.7 Å². The van der Waals surface area contributed by atoms with Crippen LogP contribution in [0.4, 0.5) is 10.3 Å². The molecule has 0 bridgehead atoms. The molecule has 1 fully saturated rings. The van der Waals surface area contributed by atoms with Crippen LogP contribution in [0.3, 0.4) is 0 Å². The van der Waals surface area contributed by atoms with Gasteiger partial charge in [-0.25, -0.2) is 9.37 Å². The predicted octanol–water partition coefficient (Wildman–Crippen LogP) is 3.00. The van der Waals surface area contributed by atoms with Crippen LogP contribution in [0.1, 0.15) is 19.8 Å². The second-order valence-corrected chi connectivity index (χ2v) is 6.11. The van der Waals surface area contributed by atoms with Crippen molar-refractivity contribution in [2.24, 2.45) is 0 Å². The molecule has 1 aromatic carbocycles. The van der Waals surface area contributed by atoms with Gasteiger partial charge in [-0.3, -0.25) is 4.90 Å². The average molecular weight is 341 g/mol. The second kappa shape index (κ2) is 5.33. The average Bonchev–Trinajstić information content (AvgIpc) is 2.97. The fourth-order valence-corrected chi connectivity index (χ4v) is 3.39. The minimum Gasteiger partial charge on any atom is -0.369 e. The Balaban J connectivity index is 1.98. The molecule has 108 valence electrons. The van der Waals surface area contributed by atoms with Crippen LogP contribution >= 0.6 is 15.9 Å². The summed E-state index contributed by atoms with van der Waals surface area (Å²) in [6.07, 6.45) is 2.40. The Morgan fingerprint density at radius 3 is 3.05 bits per heavy atom. The number of nitrogens with two attached hydrogens (primary N) is 1. The first kappa shape index (κ1) is 13.8. The number of benzene rings is 1. The Labute approximate surface area is 125 Å². The van der Waals surface area contributed by atoms with Crippen molar-refractivity contribution in [1.82, 2.24) is 14.5 Å². The summed E-state index contributed by atoms with van der Waals surface area (Å²) >= 11 is 3.23. The molecule has 1 saturated heterocycles. The van der Waals surface area contributed by atoms with E-state index in [1.165, 1.54) is 18.9 Å². The molecule has 1 unspecified atom stereocenters. The monoisotopic (exact) mass is 340 g/mol. The highest BCUT2D eigenvalue weighted by Gasteiger charge is 2.24. The van der Waals surface area contributed by atoms with Crippen LogP contribution in [-0.2, 0) is 6.54 Å². The van der Waals surface area contributed by atoms with Gasteiger partial charge in [-0.2, -0.15) is 0 Å². The summed E-state index contributed by atoms with van der Waals surface area (Å²) in [6, 6.07) is 3.68. The molecule has 2 heterocycles. The van der Waals surface area contributed by atoms with Gasteiger partial charge in [0.25, 0.3) is 0 Å². The van der Waals surface area contributed by atoms with E-state index in [-0.39, 0.29) is 5.82 Å². The Morgan fingerprint density at radius 1 is 1.50 bits per heavy atom. The van der Waals surface area contributed by atoms with Gasteiger partial charge in [-0.05, 0) is 47.9 Å². The number of aromatic nitrogens is 2. The molecule has 1 atom stereocenters. The first-order valence-corrected chi connectivity index (χ1v) is 7.74. The van der Waals surface area contributed by atoms with Crippen LogP contribution < -0.4 is 5.73 Å². The number of hydrogen-bond acceptors (Lipinski definition) is 3. The zero-order valence-corrected chi connectivity index (χ0v) is 13.0. The molecule has 2 N–H and O–H groups in total. The number of likely N-dealkylation sites (N-methyl/N-ethyl adjacent to an activating group) is 1. The quantitative estimate of drug-likeness (QED) is 0.934. The van der Waals surface area contributed by atoms with Crippen molar-refractivity contribution in [3.63, 3.8) is 0 Å². The van der Waals surface area contributed by atoms with Crippen molar-refractivity contribution in [2.45, 2.75) is 32.4 Å². The van der Waals surface area contributed by atoms with Gasteiger partial charge in [-0.1, -0.05) is 6.92 Å². The van der Waals surface area contributed by atoms with E-state index in [0.717, 1.165) is 25.2 Å². The zero-order valence-electron chi connectivity index (χ0n) is 11.4. The summed E-state index contributed by atoms with van der Waals surface area (Å²) in [6.45, 7) is 5.19. The third kappa shape index (κ3) is 2.31. The third-order valence-corrected chi connectivity index (χ3v) is 4.73. The number of hydrogen-bond donors (Lipinski definition) is 1. The third-order valence-electron chi connectivity index (χ3n) is 4.12. The maximum Gasteiger partial charge on any atom is 0.201 e. The van der Waals surface area contributed by atoms with Gasteiger partial charge in [0.05, 0.1) is 15.5 Å². The van der Waals surface area contributed by atoms with Gasteiger partial charge in [-0.15, -0.1) is 0 Å². The smallest absolute Gasteiger partial charge is 0.201 e. The first-order chi connectivity index (χ1) is 9.60. The molecule has 1 aliphatic rings. The van der Waals surface area contributed by atoms with Crippen molar-refractivity contribution in [2.75, 3.05) is 18.8 Å². The van der Waals surface area contributed by atoms with Gasteiger partial charge >= 0.3 is 0 Å². The molecular formula is C14H18BrFN4. The van der Waals surface area contributed by atoms with E-state index < -0.39 is 0 Å². The van der Waals surface area contributed by atoms with Crippen LogP contribution in [0.2, 0.25) is 0 Å². The van der Waals surface area contributed by atoms with E-state index in [1.807, 2.05) is 4.57 Å². The lowest BCUT2D eigenvalue weighted by molar-refractivity contribution is 0.246. The summed E-state index contributed by atoms with van der Waals surface area (Å²) in [5.74, 6) is 0.152. The van der Waals surface area contributed by atoms with Gasteiger partial charge in [0.2, 0.25) is 5.95 Å². The molecule has 0 saturated carbocycles. The number of likely N-dealkylation sites (tertiary alicyclic amines) is 1. The summed E-state index contributed by atoms with van der Waals surface area (Å²) < 4.78 is 16.0. The standard InChI is InChI=1S/C14H18BrFN4/c1-2-19-5-3-4-9(19)8-20-13-6-10(15)11(16)7-12(13)18-14(20)17/h6-7,9H,2-5,8H2,1H3,(H2,17,18). The van der Waals surface area contributed by atoms with E-state index in [0.29, 0.717) is 22.0 Å². The number of imidazole rings is 1. The van der Waals surface area contributed by atoms with E-state index in [9.17, 15) is 4.39 Å². The topological polar surface area (TPSA) is 47.1 Å². The number of fused-ring (bicyclic) bond motifs is 1. The Hall–Kier alpha value is -1.14. The zero-order chi connectivity index (χ0) is 14.3. The van der Waals surface area contributed by atoms with Crippen molar-refractivity contribution >= 4 is 32.9 Å². The SMILES string of the molecule is CCN1CCCC1Cn1c(N)nc2cc(F)c(Br)cc21. The maximum atomic E-state index is 13.6. The number of anilines is 1. The Morgan fingerprint density at radius 2 is 2.30 bits per heavy atom. The lowest BCUT2D eigenvalue weighted by atomic mass is 10.2. The highest BCUT2D eigenvalue weighted by Crippen LogP contribution is 2.27. The predicted molar refractivity (Wildman–Crippen MR) is 82.1 cm³/mol. The lowest BCUT2D eigenvalue weighted by Gasteiger charge is -2.23. The summed E-state index contributed by atoms with van der Waals surface area (Å²) in [7, 11) is 0. The minimum atomic E-state index is -0.307. The number of halogens is 2. The first-order valence-electron chi connectivity index (χ1n) is 6.95. The van der Waals surface area contributed by atoms with E-state index in [4.69, 9.17) is 5.73 Å². The molecule has 3 rings (SSSR count). The Kier molecular flexibility index (Phi) is 3.69. The molecule has 1 aliphatic heterocycles. The fraction of sp³-hybridized carbons (Fsp3) is 0.500. The molecule has 4 nitrogen and oxygen atoms in total. The van der Waals surface area contributed by atoms with Gasteiger partial charge in [0, 0.05) is 18.7 Å². The van der Waals surface area contributed by atoms with Crippen LogP contribution in [0.15, 0.2) is 16.6 Å². The molecule has 0 spiro atoms. The summed E-state index contributed by atoms with van der Waals surface area (Å²) in [5, 5.41) is 0. The van der Waals surface area contributed by atoms with E-state index in [1.54, 1.807) is 6.07 Å². The summed E-state index contributed by atoms with van der Waals surface area (Å²) in [4.78, 5) is 6.73. The normalized spacial score (nSPS) is 20.1. The Bertz CT molecular complexity index is 640. The summed E-state index contributed by atoms with van der Waals surface area (Å²) in [5.41, 5.74) is 7.52. The van der Waals surface area contributed by atoms with Gasteiger partial charge in [0.15, 0.2) is 0 Å². The van der Waals surface area contributed by atoms with Crippen LogP contribution in [0.5, 0.6) is 0 Å². The molecule has 0 amide bonds. The minimum absolute atomic E-state index is 0.307. The molecule has 0 aliphatic carbocycles. The molecule has 1 aromatic heterocycles. The van der Waals surface area contributed by atoms with Crippen molar-refractivity contribution in [3.8, 4) is 0 Å².